The van der Waals surface area contributed by atoms with Crippen LogP contribution >= 0.6 is 31.9 Å². The lowest BCUT2D eigenvalue weighted by molar-refractivity contribution is 0.0950. The predicted octanol–water partition coefficient (Wildman–Crippen LogP) is 3.10. The first-order valence-corrected chi connectivity index (χ1v) is 6.26. The molecule has 1 rings (SSSR count). The minimum absolute atomic E-state index is 0.185. The van der Waals surface area contributed by atoms with Crippen LogP contribution in [0.3, 0.4) is 0 Å². The molecule has 1 amide bonds. The van der Waals surface area contributed by atoms with E-state index < -0.39 is 0 Å². The Hall–Kier alpha value is -0.860. The van der Waals surface area contributed by atoms with Gasteiger partial charge in [-0.2, -0.15) is 5.26 Å². The van der Waals surface area contributed by atoms with Crippen LogP contribution in [0, 0.1) is 17.2 Å². The van der Waals surface area contributed by atoms with Gasteiger partial charge in [-0.3, -0.25) is 4.79 Å². The Morgan fingerprint density at radius 3 is 2.88 bits per heavy atom. The molecule has 1 unspecified atom stereocenters. The second-order valence-electron chi connectivity index (χ2n) is 3.36. The van der Waals surface area contributed by atoms with E-state index in [0.29, 0.717) is 12.1 Å². The van der Waals surface area contributed by atoms with Gasteiger partial charge in [0.05, 0.1) is 17.6 Å². The molecule has 0 aliphatic heterocycles. The van der Waals surface area contributed by atoms with Crippen LogP contribution in [0.15, 0.2) is 27.1 Å². The third-order valence-electron chi connectivity index (χ3n) is 1.96. The van der Waals surface area contributed by atoms with Crippen LogP contribution in [0.2, 0.25) is 0 Å². The van der Waals surface area contributed by atoms with Crippen molar-refractivity contribution in [2.75, 3.05) is 6.54 Å². The fourth-order valence-corrected chi connectivity index (χ4v) is 1.85. The van der Waals surface area contributed by atoms with Crippen molar-refractivity contribution in [3.8, 4) is 6.07 Å². The summed E-state index contributed by atoms with van der Waals surface area (Å²) >= 11 is 6.61. The average Bonchev–Trinajstić information content (AvgIpc) is 2.28. The average molecular weight is 346 g/mol. The second kappa shape index (κ2) is 6.02. The number of benzene rings is 1. The molecular formula is C11H10Br2N2O. The van der Waals surface area contributed by atoms with Gasteiger partial charge in [-0.25, -0.2) is 0 Å². The summed E-state index contributed by atoms with van der Waals surface area (Å²) in [5.41, 5.74) is 0.555. The summed E-state index contributed by atoms with van der Waals surface area (Å²) in [6.45, 7) is 2.12. The summed E-state index contributed by atoms with van der Waals surface area (Å²) in [6, 6.07) is 7.44. The van der Waals surface area contributed by atoms with Gasteiger partial charge >= 0.3 is 0 Å². The zero-order valence-electron chi connectivity index (χ0n) is 8.63. The van der Waals surface area contributed by atoms with Gasteiger partial charge in [0.25, 0.3) is 5.91 Å². The Kier molecular flexibility index (Phi) is 4.97. The highest BCUT2D eigenvalue weighted by Crippen LogP contribution is 2.21. The predicted molar refractivity (Wildman–Crippen MR) is 69.0 cm³/mol. The minimum atomic E-state index is -0.185. The largest absolute Gasteiger partial charge is 0.351 e. The molecule has 1 aromatic rings. The first-order chi connectivity index (χ1) is 7.54. The van der Waals surface area contributed by atoms with Crippen molar-refractivity contribution < 1.29 is 4.79 Å². The third-order valence-corrected chi connectivity index (χ3v) is 3.15. The van der Waals surface area contributed by atoms with Gasteiger partial charge in [0.1, 0.15) is 0 Å². The molecule has 0 fully saturated rings. The van der Waals surface area contributed by atoms with Gasteiger partial charge in [0.15, 0.2) is 0 Å². The smallest absolute Gasteiger partial charge is 0.252 e. The van der Waals surface area contributed by atoms with Crippen LogP contribution in [0.25, 0.3) is 0 Å². The van der Waals surface area contributed by atoms with Crippen LogP contribution in [0.1, 0.15) is 17.3 Å². The number of hydrogen-bond acceptors (Lipinski definition) is 2. The van der Waals surface area contributed by atoms with E-state index in [9.17, 15) is 4.79 Å². The summed E-state index contributed by atoms with van der Waals surface area (Å²) in [5.74, 6) is -0.370. The number of halogens is 2. The van der Waals surface area contributed by atoms with Crippen molar-refractivity contribution in [3.63, 3.8) is 0 Å². The summed E-state index contributed by atoms with van der Waals surface area (Å²) in [6.07, 6.45) is 0. The molecule has 0 radical (unpaired) electrons. The summed E-state index contributed by atoms with van der Waals surface area (Å²) in [7, 11) is 0. The van der Waals surface area contributed by atoms with Crippen LogP contribution in [0.5, 0.6) is 0 Å². The van der Waals surface area contributed by atoms with E-state index in [2.05, 4.69) is 43.2 Å². The SMILES string of the molecule is CC(C#N)CNC(=O)c1cc(Br)ccc1Br. The summed E-state index contributed by atoms with van der Waals surface area (Å²) in [4.78, 5) is 11.8. The van der Waals surface area contributed by atoms with Crippen LogP contribution < -0.4 is 5.32 Å². The number of amides is 1. The van der Waals surface area contributed by atoms with E-state index in [1.165, 1.54) is 0 Å². The fourth-order valence-electron chi connectivity index (χ4n) is 1.06. The second-order valence-corrected chi connectivity index (χ2v) is 5.13. The Labute approximate surface area is 111 Å². The Morgan fingerprint density at radius 2 is 2.25 bits per heavy atom. The zero-order chi connectivity index (χ0) is 12.1. The van der Waals surface area contributed by atoms with Crippen molar-refractivity contribution >= 4 is 37.8 Å². The Bertz CT molecular complexity index is 440. The number of hydrogen-bond donors (Lipinski definition) is 1. The highest BCUT2D eigenvalue weighted by molar-refractivity contribution is 9.11. The number of nitrogens with one attached hydrogen (secondary N) is 1. The highest BCUT2D eigenvalue weighted by Gasteiger charge is 2.11. The van der Waals surface area contributed by atoms with Crippen LogP contribution in [0.4, 0.5) is 0 Å². The number of nitrogens with zero attached hydrogens (tertiary/aromatic N) is 1. The molecule has 1 atom stereocenters. The van der Waals surface area contributed by atoms with Crippen molar-refractivity contribution in [2.45, 2.75) is 6.92 Å². The summed E-state index contributed by atoms with van der Waals surface area (Å²) in [5, 5.41) is 11.3. The molecule has 5 heteroatoms. The van der Waals surface area contributed by atoms with Gasteiger partial charge in [-0.1, -0.05) is 15.9 Å². The van der Waals surface area contributed by atoms with Gasteiger partial charge in [0, 0.05) is 15.5 Å². The third kappa shape index (κ3) is 3.62. The van der Waals surface area contributed by atoms with Gasteiger partial charge in [-0.05, 0) is 41.1 Å². The Morgan fingerprint density at radius 1 is 1.56 bits per heavy atom. The molecule has 0 saturated heterocycles. The van der Waals surface area contributed by atoms with Crippen LogP contribution in [-0.4, -0.2) is 12.5 Å². The maximum atomic E-state index is 11.8. The standard InChI is InChI=1S/C11H10Br2N2O/c1-7(5-14)6-15-11(16)9-4-8(12)2-3-10(9)13/h2-4,7H,6H2,1H3,(H,15,16). The molecule has 3 nitrogen and oxygen atoms in total. The number of carbonyl (C=O) groups is 1. The molecule has 16 heavy (non-hydrogen) atoms. The van der Waals surface area contributed by atoms with E-state index >= 15 is 0 Å². The van der Waals surface area contributed by atoms with Gasteiger partial charge in [-0.15, -0.1) is 0 Å². The molecule has 0 saturated carbocycles. The monoisotopic (exact) mass is 344 g/mol. The normalized spacial score (nSPS) is 11.6. The minimum Gasteiger partial charge on any atom is -0.351 e. The number of rotatable bonds is 3. The molecule has 0 bridgehead atoms. The number of nitriles is 1. The first-order valence-electron chi connectivity index (χ1n) is 4.67. The van der Waals surface area contributed by atoms with Crippen molar-refractivity contribution in [1.29, 1.82) is 5.26 Å². The van der Waals surface area contributed by atoms with Crippen molar-refractivity contribution in [1.82, 2.24) is 5.32 Å². The molecule has 0 heterocycles. The van der Waals surface area contributed by atoms with Gasteiger partial charge in [0.2, 0.25) is 0 Å². The molecular weight excluding hydrogens is 336 g/mol. The highest BCUT2D eigenvalue weighted by atomic mass is 79.9. The van der Waals surface area contributed by atoms with E-state index in [1.807, 2.05) is 6.07 Å². The lowest BCUT2D eigenvalue weighted by Gasteiger charge is -2.08. The maximum Gasteiger partial charge on any atom is 0.252 e. The van der Waals surface area contributed by atoms with E-state index in [0.717, 1.165) is 8.95 Å². The lowest BCUT2D eigenvalue weighted by Crippen LogP contribution is -2.28. The van der Waals surface area contributed by atoms with E-state index in [4.69, 9.17) is 5.26 Å². The topological polar surface area (TPSA) is 52.9 Å². The fraction of sp³-hybridized carbons (Fsp3) is 0.273. The lowest BCUT2D eigenvalue weighted by atomic mass is 10.2. The molecule has 0 spiro atoms. The van der Waals surface area contributed by atoms with E-state index in [-0.39, 0.29) is 11.8 Å². The molecule has 1 N–H and O–H groups in total. The molecule has 1 aromatic carbocycles. The molecule has 0 aliphatic carbocycles. The van der Waals surface area contributed by atoms with Crippen LogP contribution in [-0.2, 0) is 0 Å². The maximum absolute atomic E-state index is 11.8. The van der Waals surface area contributed by atoms with Crippen molar-refractivity contribution in [3.05, 3.63) is 32.7 Å². The Balaban J connectivity index is 2.74. The van der Waals surface area contributed by atoms with Gasteiger partial charge < -0.3 is 5.32 Å². The van der Waals surface area contributed by atoms with E-state index in [1.54, 1.807) is 19.1 Å². The number of carbonyl (C=O) groups excluding carboxylic acids is 1. The first kappa shape index (κ1) is 13.2. The summed E-state index contributed by atoms with van der Waals surface area (Å²) < 4.78 is 1.58. The molecule has 0 aliphatic rings. The van der Waals surface area contributed by atoms with Crippen molar-refractivity contribution in [2.24, 2.45) is 5.92 Å². The quantitative estimate of drug-likeness (QED) is 0.915. The molecule has 0 aromatic heterocycles. The molecule has 84 valence electrons. The zero-order valence-corrected chi connectivity index (χ0v) is 11.8.